The standard InChI is InChI=1S/C15H26N2O4/c1-15(2,3)21-14(20)17-9-6-12(10-17)16-7-4-11(5-8-16)13(18)19/h11-12H,4-10H2,1-3H3,(H,18,19). The largest absolute Gasteiger partial charge is 0.481 e. The van der Waals surface area contributed by atoms with E-state index in [1.807, 2.05) is 20.8 Å². The van der Waals surface area contributed by atoms with Crippen LogP contribution in [0.1, 0.15) is 40.0 Å². The molecule has 1 amide bonds. The fourth-order valence-electron chi connectivity index (χ4n) is 3.04. The van der Waals surface area contributed by atoms with Crippen LogP contribution in [0.25, 0.3) is 0 Å². The molecule has 0 aromatic heterocycles. The maximum absolute atomic E-state index is 12.0. The minimum atomic E-state index is -0.684. The van der Waals surface area contributed by atoms with Crippen molar-refractivity contribution in [3.8, 4) is 0 Å². The lowest BCUT2D eigenvalue weighted by Crippen LogP contribution is -2.45. The molecule has 2 heterocycles. The van der Waals surface area contributed by atoms with Crippen LogP contribution in [-0.4, -0.2) is 64.8 Å². The summed E-state index contributed by atoms with van der Waals surface area (Å²) in [7, 11) is 0. The number of aliphatic carboxylic acids is 1. The third-order valence-corrected chi connectivity index (χ3v) is 4.21. The molecule has 1 atom stereocenters. The van der Waals surface area contributed by atoms with Gasteiger partial charge in [-0.3, -0.25) is 9.69 Å². The highest BCUT2D eigenvalue weighted by Gasteiger charge is 2.35. The molecule has 0 aliphatic carbocycles. The van der Waals surface area contributed by atoms with Crippen molar-refractivity contribution in [3.05, 3.63) is 0 Å². The van der Waals surface area contributed by atoms with Gasteiger partial charge < -0.3 is 14.7 Å². The van der Waals surface area contributed by atoms with E-state index in [1.165, 1.54) is 0 Å². The summed E-state index contributed by atoms with van der Waals surface area (Å²) < 4.78 is 5.40. The third kappa shape index (κ3) is 4.33. The van der Waals surface area contributed by atoms with Gasteiger partial charge in [-0.05, 0) is 53.1 Å². The van der Waals surface area contributed by atoms with Crippen molar-refractivity contribution >= 4 is 12.1 Å². The molecule has 2 saturated heterocycles. The summed E-state index contributed by atoms with van der Waals surface area (Å²) >= 11 is 0. The molecular formula is C15H26N2O4. The Labute approximate surface area is 126 Å². The van der Waals surface area contributed by atoms with Crippen LogP contribution in [0.2, 0.25) is 0 Å². The molecule has 120 valence electrons. The molecule has 2 fully saturated rings. The first-order chi connectivity index (χ1) is 9.76. The van der Waals surface area contributed by atoms with Crippen LogP contribution in [0.15, 0.2) is 0 Å². The van der Waals surface area contributed by atoms with E-state index in [2.05, 4.69) is 4.90 Å². The lowest BCUT2D eigenvalue weighted by molar-refractivity contribution is -0.143. The highest BCUT2D eigenvalue weighted by Crippen LogP contribution is 2.24. The Morgan fingerprint density at radius 3 is 2.24 bits per heavy atom. The van der Waals surface area contributed by atoms with E-state index in [0.29, 0.717) is 25.4 Å². The topological polar surface area (TPSA) is 70.1 Å². The quantitative estimate of drug-likeness (QED) is 0.841. The highest BCUT2D eigenvalue weighted by molar-refractivity contribution is 5.70. The van der Waals surface area contributed by atoms with E-state index in [0.717, 1.165) is 26.1 Å². The molecule has 2 rings (SSSR count). The van der Waals surface area contributed by atoms with Crippen LogP contribution in [-0.2, 0) is 9.53 Å². The van der Waals surface area contributed by atoms with Crippen molar-refractivity contribution in [2.75, 3.05) is 26.2 Å². The SMILES string of the molecule is CC(C)(C)OC(=O)N1CCC(N2CCC(C(=O)O)CC2)C1. The number of hydrogen-bond donors (Lipinski definition) is 1. The number of ether oxygens (including phenoxy) is 1. The van der Waals surface area contributed by atoms with Gasteiger partial charge in [-0.25, -0.2) is 4.79 Å². The highest BCUT2D eigenvalue weighted by atomic mass is 16.6. The molecule has 1 N–H and O–H groups in total. The number of carbonyl (C=O) groups is 2. The molecule has 0 spiro atoms. The molecular weight excluding hydrogens is 272 g/mol. The molecule has 1 unspecified atom stereocenters. The van der Waals surface area contributed by atoms with Gasteiger partial charge in [-0.1, -0.05) is 0 Å². The summed E-state index contributed by atoms with van der Waals surface area (Å²) in [6, 6.07) is 0.340. The van der Waals surface area contributed by atoms with Crippen molar-refractivity contribution in [3.63, 3.8) is 0 Å². The number of rotatable bonds is 2. The van der Waals surface area contributed by atoms with Crippen LogP contribution in [0.3, 0.4) is 0 Å². The van der Waals surface area contributed by atoms with Gasteiger partial charge in [0, 0.05) is 19.1 Å². The van der Waals surface area contributed by atoms with Crippen molar-refractivity contribution < 1.29 is 19.4 Å². The van der Waals surface area contributed by atoms with Gasteiger partial charge in [0.15, 0.2) is 0 Å². The zero-order valence-electron chi connectivity index (χ0n) is 13.2. The average Bonchev–Trinajstić information content (AvgIpc) is 2.86. The van der Waals surface area contributed by atoms with E-state index in [4.69, 9.17) is 9.84 Å². The number of carboxylic acids is 1. The first-order valence-corrected chi connectivity index (χ1v) is 7.71. The van der Waals surface area contributed by atoms with E-state index in [1.54, 1.807) is 4.90 Å². The Kier molecular flexibility index (Phi) is 4.76. The van der Waals surface area contributed by atoms with E-state index >= 15 is 0 Å². The molecule has 0 aromatic carbocycles. The van der Waals surface area contributed by atoms with E-state index < -0.39 is 11.6 Å². The number of carboxylic acid groups (broad SMARTS) is 1. The van der Waals surface area contributed by atoms with Crippen LogP contribution in [0.4, 0.5) is 4.79 Å². The Bertz CT molecular complexity index is 397. The Balaban J connectivity index is 1.80. The van der Waals surface area contributed by atoms with Gasteiger partial charge in [0.25, 0.3) is 0 Å². The predicted octanol–water partition coefficient (Wildman–Crippen LogP) is 1.79. The van der Waals surface area contributed by atoms with Gasteiger partial charge >= 0.3 is 12.1 Å². The Morgan fingerprint density at radius 1 is 1.10 bits per heavy atom. The number of nitrogens with zero attached hydrogens (tertiary/aromatic N) is 2. The van der Waals surface area contributed by atoms with Crippen molar-refractivity contribution in [2.45, 2.75) is 51.7 Å². The smallest absolute Gasteiger partial charge is 0.410 e. The molecule has 6 nitrogen and oxygen atoms in total. The monoisotopic (exact) mass is 298 g/mol. The first kappa shape index (κ1) is 16.1. The normalized spacial score (nSPS) is 25.1. The van der Waals surface area contributed by atoms with Crippen LogP contribution < -0.4 is 0 Å². The summed E-state index contributed by atoms with van der Waals surface area (Å²) in [6.07, 6.45) is 2.11. The lowest BCUT2D eigenvalue weighted by Gasteiger charge is -2.34. The number of hydrogen-bond acceptors (Lipinski definition) is 4. The second kappa shape index (κ2) is 6.22. The zero-order chi connectivity index (χ0) is 15.6. The van der Waals surface area contributed by atoms with Gasteiger partial charge in [0.2, 0.25) is 0 Å². The van der Waals surface area contributed by atoms with Crippen molar-refractivity contribution in [1.29, 1.82) is 0 Å². The molecule has 0 bridgehead atoms. The van der Waals surface area contributed by atoms with E-state index in [-0.39, 0.29) is 12.0 Å². The predicted molar refractivity (Wildman–Crippen MR) is 78.1 cm³/mol. The summed E-state index contributed by atoms with van der Waals surface area (Å²) in [5.41, 5.74) is -0.463. The number of carbonyl (C=O) groups excluding carboxylic acids is 1. The average molecular weight is 298 g/mol. The summed E-state index contributed by atoms with van der Waals surface area (Å²) in [6.45, 7) is 8.64. The maximum Gasteiger partial charge on any atom is 0.410 e. The molecule has 21 heavy (non-hydrogen) atoms. The van der Waals surface area contributed by atoms with Gasteiger partial charge in [-0.15, -0.1) is 0 Å². The first-order valence-electron chi connectivity index (χ1n) is 7.71. The number of piperidine rings is 1. The van der Waals surface area contributed by atoms with Crippen molar-refractivity contribution in [1.82, 2.24) is 9.80 Å². The molecule has 0 aromatic rings. The molecule has 0 saturated carbocycles. The molecule has 2 aliphatic heterocycles. The Hall–Kier alpha value is -1.30. The molecule has 0 radical (unpaired) electrons. The zero-order valence-corrected chi connectivity index (χ0v) is 13.2. The lowest BCUT2D eigenvalue weighted by atomic mass is 9.96. The van der Waals surface area contributed by atoms with Gasteiger partial charge in [0.05, 0.1) is 5.92 Å². The van der Waals surface area contributed by atoms with Crippen LogP contribution in [0, 0.1) is 5.92 Å². The summed E-state index contributed by atoms with van der Waals surface area (Å²) in [5.74, 6) is -0.888. The second-order valence-electron chi connectivity index (χ2n) is 7.02. The molecule has 6 heteroatoms. The second-order valence-corrected chi connectivity index (χ2v) is 7.02. The minimum Gasteiger partial charge on any atom is -0.481 e. The van der Waals surface area contributed by atoms with Crippen molar-refractivity contribution in [2.24, 2.45) is 5.92 Å². The summed E-state index contributed by atoms with van der Waals surface area (Å²) in [4.78, 5) is 27.1. The Morgan fingerprint density at radius 2 is 1.71 bits per heavy atom. The fraction of sp³-hybridized carbons (Fsp3) is 0.867. The number of amides is 1. The maximum atomic E-state index is 12.0. The minimum absolute atomic E-state index is 0.204. The van der Waals surface area contributed by atoms with E-state index in [9.17, 15) is 9.59 Å². The van der Waals surface area contributed by atoms with Gasteiger partial charge in [-0.2, -0.15) is 0 Å². The van der Waals surface area contributed by atoms with Crippen LogP contribution in [0.5, 0.6) is 0 Å². The third-order valence-electron chi connectivity index (χ3n) is 4.21. The summed E-state index contributed by atoms with van der Waals surface area (Å²) in [5, 5.41) is 9.02. The fourth-order valence-corrected chi connectivity index (χ4v) is 3.04. The van der Waals surface area contributed by atoms with Gasteiger partial charge in [0.1, 0.15) is 5.60 Å². The van der Waals surface area contributed by atoms with Crippen LogP contribution >= 0.6 is 0 Å². The molecule has 2 aliphatic rings. The number of likely N-dealkylation sites (tertiary alicyclic amines) is 2.